The van der Waals surface area contributed by atoms with Crippen LogP contribution in [0, 0.1) is 13.8 Å². The normalized spacial score (nSPS) is 12.2. The first-order valence-corrected chi connectivity index (χ1v) is 6.49. The molecule has 1 N–H and O–H groups in total. The van der Waals surface area contributed by atoms with E-state index in [1.54, 1.807) is 0 Å². The third kappa shape index (κ3) is 2.70. The van der Waals surface area contributed by atoms with Crippen LogP contribution in [0.25, 0.3) is 0 Å². The Hall–Kier alpha value is -2.03. The zero-order chi connectivity index (χ0) is 14.0. The maximum atomic E-state index is 12.3. The van der Waals surface area contributed by atoms with E-state index in [2.05, 4.69) is 5.32 Å². The van der Waals surface area contributed by atoms with Crippen LogP contribution in [0.4, 0.5) is 0 Å². The van der Waals surface area contributed by atoms with E-state index in [0.29, 0.717) is 0 Å². The summed E-state index contributed by atoms with van der Waals surface area (Å²) in [5.41, 5.74) is 3.95. The highest BCUT2D eigenvalue weighted by atomic mass is 16.1. The minimum absolute atomic E-state index is 0.00797. The van der Waals surface area contributed by atoms with Crippen molar-refractivity contribution in [3.8, 4) is 0 Å². The van der Waals surface area contributed by atoms with Gasteiger partial charge in [0.05, 0.1) is 11.6 Å². The number of benzene rings is 1. The van der Waals surface area contributed by atoms with E-state index >= 15 is 0 Å². The van der Waals surface area contributed by atoms with Gasteiger partial charge in [-0.1, -0.05) is 30.3 Å². The second kappa shape index (κ2) is 5.31. The molecule has 0 saturated carbocycles. The molecule has 0 radical (unpaired) electrons. The lowest BCUT2D eigenvalue weighted by Gasteiger charge is -2.14. The Morgan fingerprint density at radius 2 is 1.84 bits per heavy atom. The molecule has 0 aliphatic rings. The van der Waals surface area contributed by atoms with Crippen LogP contribution in [0.15, 0.2) is 36.4 Å². The molecule has 1 atom stereocenters. The van der Waals surface area contributed by atoms with Gasteiger partial charge in [0.15, 0.2) is 0 Å². The standard InChI is InChI=1S/C16H20N2O/c1-11-10-15(13(3)18(11)4)16(19)17-12(2)14-8-6-5-7-9-14/h5-10,12H,1-4H3,(H,17,19). The second-order valence-corrected chi connectivity index (χ2v) is 4.95. The topological polar surface area (TPSA) is 34.0 Å². The molecule has 2 aromatic rings. The molecule has 0 spiro atoms. The Morgan fingerprint density at radius 3 is 2.37 bits per heavy atom. The number of hydrogen-bond donors (Lipinski definition) is 1. The number of amides is 1. The highest BCUT2D eigenvalue weighted by molar-refractivity contribution is 5.95. The highest BCUT2D eigenvalue weighted by Gasteiger charge is 2.16. The van der Waals surface area contributed by atoms with Crippen molar-refractivity contribution in [3.05, 3.63) is 58.9 Å². The molecule has 1 heterocycles. The summed E-state index contributed by atoms with van der Waals surface area (Å²) < 4.78 is 2.03. The van der Waals surface area contributed by atoms with Gasteiger partial charge in [0.1, 0.15) is 0 Å². The summed E-state index contributed by atoms with van der Waals surface area (Å²) in [7, 11) is 1.97. The maximum absolute atomic E-state index is 12.3. The molecule has 2 rings (SSSR count). The van der Waals surface area contributed by atoms with Crippen LogP contribution in [-0.2, 0) is 7.05 Å². The van der Waals surface area contributed by atoms with Gasteiger partial charge in [-0.05, 0) is 32.4 Å². The van der Waals surface area contributed by atoms with Crippen LogP contribution < -0.4 is 5.32 Å². The number of carbonyl (C=O) groups is 1. The molecular weight excluding hydrogens is 236 g/mol. The molecule has 1 unspecified atom stereocenters. The van der Waals surface area contributed by atoms with Crippen LogP contribution in [0.1, 0.15) is 40.3 Å². The van der Waals surface area contributed by atoms with Crippen molar-refractivity contribution in [2.24, 2.45) is 7.05 Å². The summed E-state index contributed by atoms with van der Waals surface area (Å²) in [6, 6.07) is 11.9. The van der Waals surface area contributed by atoms with Crippen LogP contribution in [0.2, 0.25) is 0 Å². The molecule has 1 aromatic carbocycles. The molecule has 0 bridgehead atoms. The smallest absolute Gasteiger partial charge is 0.253 e. The summed E-state index contributed by atoms with van der Waals surface area (Å²) in [4.78, 5) is 12.3. The summed E-state index contributed by atoms with van der Waals surface area (Å²) in [6.07, 6.45) is 0. The number of nitrogens with zero attached hydrogens (tertiary/aromatic N) is 1. The van der Waals surface area contributed by atoms with Crippen molar-refractivity contribution in [1.29, 1.82) is 0 Å². The third-order valence-corrected chi connectivity index (χ3v) is 3.67. The molecular formula is C16H20N2O. The van der Waals surface area contributed by atoms with Gasteiger partial charge in [-0.2, -0.15) is 0 Å². The van der Waals surface area contributed by atoms with Crippen molar-refractivity contribution in [1.82, 2.24) is 9.88 Å². The van der Waals surface area contributed by atoms with E-state index in [-0.39, 0.29) is 11.9 Å². The molecule has 1 aromatic heterocycles. The number of nitrogens with one attached hydrogen (secondary N) is 1. The largest absolute Gasteiger partial charge is 0.351 e. The quantitative estimate of drug-likeness (QED) is 0.899. The van der Waals surface area contributed by atoms with Crippen molar-refractivity contribution in [3.63, 3.8) is 0 Å². The van der Waals surface area contributed by atoms with Gasteiger partial charge in [0, 0.05) is 18.4 Å². The van der Waals surface area contributed by atoms with E-state index in [1.165, 1.54) is 0 Å². The number of rotatable bonds is 3. The molecule has 0 aliphatic heterocycles. The van der Waals surface area contributed by atoms with Gasteiger partial charge in [0.25, 0.3) is 5.91 Å². The Kier molecular flexibility index (Phi) is 3.74. The fraction of sp³-hybridized carbons (Fsp3) is 0.312. The Morgan fingerprint density at radius 1 is 1.21 bits per heavy atom. The Labute approximate surface area is 114 Å². The van der Waals surface area contributed by atoms with E-state index < -0.39 is 0 Å². The van der Waals surface area contributed by atoms with Crippen LogP contribution in [-0.4, -0.2) is 10.5 Å². The molecule has 0 fully saturated rings. The summed E-state index contributed by atoms with van der Waals surface area (Å²) in [6.45, 7) is 5.97. The average molecular weight is 256 g/mol. The zero-order valence-corrected chi connectivity index (χ0v) is 11.9. The van der Waals surface area contributed by atoms with E-state index in [4.69, 9.17) is 0 Å². The van der Waals surface area contributed by atoms with Crippen molar-refractivity contribution < 1.29 is 4.79 Å². The van der Waals surface area contributed by atoms with E-state index in [1.807, 2.05) is 68.8 Å². The fourth-order valence-corrected chi connectivity index (χ4v) is 2.18. The van der Waals surface area contributed by atoms with Gasteiger partial charge in [-0.15, -0.1) is 0 Å². The lowest BCUT2D eigenvalue weighted by Crippen LogP contribution is -2.27. The Balaban J connectivity index is 2.15. The molecule has 3 heteroatoms. The van der Waals surface area contributed by atoms with Gasteiger partial charge in [0.2, 0.25) is 0 Å². The number of carbonyl (C=O) groups excluding carboxylic acids is 1. The van der Waals surface area contributed by atoms with Gasteiger partial charge < -0.3 is 9.88 Å². The van der Waals surface area contributed by atoms with Crippen LogP contribution in [0.5, 0.6) is 0 Å². The summed E-state index contributed by atoms with van der Waals surface area (Å²) >= 11 is 0. The molecule has 3 nitrogen and oxygen atoms in total. The van der Waals surface area contributed by atoms with Crippen LogP contribution >= 0.6 is 0 Å². The lowest BCUT2D eigenvalue weighted by molar-refractivity contribution is 0.0939. The molecule has 0 saturated heterocycles. The second-order valence-electron chi connectivity index (χ2n) is 4.95. The van der Waals surface area contributed by atoms with E-state index in [0.717, 1.165) is 22.5 Å². The summed E-state index contributed by atoms with van der Waals surface area (Å²) in [5, 5.41) is 3.04. The van der Waals surface area contributed by atoms with E-state index in [9.17, 15) is 4.79 Å². The number of hydrogen-bond acceptors (Lipinski definition) is 1. The predicted molar refractivity (Wildman–Crippen MR) is 77.2 cm³/mol. The molecule has 0 aliphatic carbocycles. The van der Waals surface area contributed by atoms with Gasteiger partial charge in [-0.3, -0.25) is 4.79 Å². The first kappa shape index (κ1) is 13.4. The number of aromatic nitrogens is 1. The van der Waals surface area contributed by atoms with Crippen molar-refractivity contribution >= 4 is 5.91 Å². The van der Waals surface area contributed by atoms with Crippen molar-refractivity contribution in [2.45, 2.75) is 26.8 Å². The SMILES string of the molecule is Cc1cc(C(=O)NC(C)c2ccccc2)c(C)n1C. The highest BCUT2D eigenvalue weighted by Crippen LogP contribution is 2.16. The fourth-order valence-electron chi connectivity index (χ4n) is 2.18. The minimum atomic E-state index is -0.0162. The molecule has 19 heavy (non-hydrogen) atoms. The minimum Gasteiger partial charge on any atom is -0.351 e. The van der Waals surface area contributed by atoms with Crippen LogP contribution in [0.3, 0.4) is 0 Å². The predicted octanol–water partition coefficient (Wildman–Crippen LogP) is 3.13. The van der Waals surface area contributed by atoms with Crippen molar-refractivity contribution in [2.75, 3.05) is 0 Å². The molecule has 100 valence electrons. The van der Waals surface area contributed by atoms with Gasteiger partial charge in [-0.25, -0.2) is 0 Å². The average Bonchev–Trinajstić information content (AvgIpc) is 2.67. The first-order valence-electron chi connectivity index (χ1n) is 6.49. The summed E-state index contributed by atoms with van der Waals surface area (Å²) in [5.74, 6) is -0.0162. The first-order chi connectivity index (χ1) is 9.00. The Bertz CT molecular complexity index is 584. The lowest BCUT2D eigenvalue weighted by atomic mass is 10.1. The third-order valence-electron chi connectivity index (χ3n) is 3.67. The monoisotopic (exact) mass is 256 g/mol. The maximum Gasteiger partial charge on any atom is 0.253 e. The molecule has 1 amide bonds. The number of aryl methyl sites for hydroxylation is 1. The zero-order valence-electron chi connectivity index (χ0n) is 11.9. The van der Waals surface area contributed by atoms with Gasteiger partial charge >= 0.3 is 0 Å².